The van der Waals surface area contributed by atoms with Crippen LogP contribution in [-0.2, 0) is 13.0 Å². The monoisotopic (exact) mass is 277 g/mol. The molecule has 1 heterocycles. The molecule has 0 atom stereocenters. The summed E-state index contributed by atoms with van der Waals surface area (Å²) in [6, 6.07) is 4.30. The lowest BCUT2D eigenvalue weighted by Gasteiger charge is -2.30. The van der Waals surface area contributed by atoms with E-state index in [0.29, 0.717) is 5.96 Å². The normalized spacial score (nSPS) is 15.2. The van der Waals surface area contributed by atoms with Gasteiger partial charge in [0.25, 0.3) is 0 Å². The van der Waals surface area contributed by atoms with Crippen molar-refractivity contribution in [1.29, 1.82) is 0 Å². The van der Waals surface area contributed by atoms with E-state index in [1.54, 1.807) is 14.2 Å². The fourth-order valence-corrected chi connectivity index (χ4v) is 2.42. The van der Waals surface area contributed by atoms with E-state index in [-0.39, 0.29) is 6.04 Å². The molecule has 1 aliphatic heterocycles. The molecule has 0 saturated heterocycles. The summed E-state index contributed by atoms with van der Waals surface area (Å²) >= 11 is 0. The van der Waals surface area contributed by atoms with E-state index in [1.807, 2.05) is 19.9 Å². The summed E-state index contributed by atoms with van der Waals surface area (Å²) in [5.74, 6) is 2.15. The summed E-state index contributed by atoms with van der Waals surface area (Å²) in [6.45, 7) is 5.69. The van der Waals surface area contributed by atoms with Crippen molar-refractivity contribution < 1.29 is 9.47 Å². The lowest BCUT2D eigenvalue weighted by molar-refractivity contribution is 0.347. The van der Waals surface area contributed by atoms with Crippen molar-refractivity contribution in [3.8, 4) is 11.5 Å². The van der Waals surface area contributed by atoms with E-state index in [9.17, 15) is 0 Å². The van der Waals surface area contributed by atoms with Gasteiger partial charge >= 0.3 is 0 Å². The van der Waals surface area contributed by atoms with E-state index in [0.717, 1.165) is 31.0 Å². The van der Waals surface area contributed by atoms with Gasteiger partial charge in [-0.3, -0.25) is 4.99 Å². The zero-order valence-electron chi connectivity index (χ0n) is 12.6. The van der Waals surface area contributed by atoms with Crippen LogP contribution in [0.1, 0.15) is 25.0 Å². The fourth-order valence-electron chi connectivity index (χ4n) is 2.42. The molecule has 0 aliphatic carbocycles. The number of guanidine groups is 1. The van der Waals surface area contributed by atoms with Gasteiger partial charge in [-0.1, -0.05) is 0 Å². The number of ether oxygens (including phenoxy) is 2. The van der Waals surface area contributed by atoms with E-state index in [1.165, 1.54) is 11.1 Å². The standard InChI is InChI=1S/C15H23N3O2/c1-10(2)17-15(16)18-6-5-11-7-13(19-3)14(20-4)8-12(11)9-18/h7-8,10H,5-6,9H2,1-4H3,(H2,16,17). The minimum atomic E-state index is 0.210. The lowest BCUT2D eigenvalue weighted by Crippen LogP contribution is -2.41. The minimum absolute atomic E-state index is 0.210. The zero-order valence-corrected chi connectivity index (χ0v) is 12.6. The second-order valence-corrected chi connectivity index (χ2v) is 5.23. The third-order valence-electron chi connectivity index (χ3n) is 3.43. The van der Waals surface area contributed by atoms with E-state index < -0.39 is 0 Å². The van der Waals surface area contributed by atoms with Crippen LogP contribution in [0, 0.1) is 0 Å². The highest BCUT2D eigenvalue weighted by atomic mass is 16.5. The Morgan fingerprint density at radius 1 is 1.20 bits per heavy atom. The molecule has 0 bridgehead atoms. The Hall–Kier alpha value is -1.91. The molecule has 0 saturated carbocycles. The van der Waals surface area contributed by atoms with Gasteiger partial charge < -0.3 is 20.1 Å². The van der Waals surface area contributed by atoms with Crippen LogP contribution in [0.15, 0.2) is 17.1 Å². The predicted octanol–water partition coefficient (Wildman–Crippen LogP) is 1.78. The van der Waals surface area contributed by atoms with Crippen LogP contribution in [0.4, 0.5) is 0 Å². The number of nitrogens with two attached hydrogens (primary N) is 1. The summed E-state index contributed by atoms with van der Waals surface area (Å²) < 4.78 is 10.7. The first-order valence-electron chi connectivity index (χ1n) is 6.87. The van der Waals surface area contributed by atoms with Crippen molar-refractivity contribution in [1.82, 2.24) is 4.90 Å². The van der Waals surface area contributed by atoms with Gasteiger partial charge in [-0.05, 0) is 43.5 Å². The Morgan fingerprint density at radius 2 is 1.80 bits per heavy atom. The molecule has 5 heteroatoms. The first-order valence-corrected chi connectivity index (χ1v) is 6.87. The Kier molecular flexibility index (Phi) is 4.37. The summed E-state index contributed by atoms with van der Waals surface area (Å²) in [7, 11) is 3.31. The number of rotatable bonds is 3. The zero-order chi connectivity index (χ0) is 14.7. The maximum Gasteiger partial charge on any atom is 0.191 e. The largest absolute Gasteiger partial charge is 0.493 e. The van der Waals surface area contributed by atoms with Crippen molar-refractivity contribution in [2.24, 2.45) is 10.7 Å². The van der Waals surface area contributed by atoms with Crippen molar-refractivity contribution >= 4 is 5.96 Å². The number of fused-ring (bicyclic) bond motifs is 1. The molecule has 0 spiro atoms. The molecule has 0 unspecified atom stereocenters. The Balaban J connectivity index is 2.26. The Bertz CT molecular complexity index is 512. The van der Waals surface area contributed by atoms with Crippen molar-refractivity contribution in [3.05, 3.63) is 23.3 Å². The second kappa shape index (κ2) is 6.03. The molecule has 110 valence electrons. The molecule has 1 aliphatic rings. The van der Waals surface area contributed by atoms with E-state index in [2.05, 4.69) is 16.0 Å². The van der Waals surface area contributed by atoms with Gasteiger partial charge in [-0.2, -0.15) is 0 Å². The smallest absolute Gasteiger partial charge is 0.191 e. The summed E-state index contributed by atoms with van der Waals surface area (Å²) in [6.07, 6.45) is 0.935. The van der Waals surface area contributed by atoms with Crippen LogP contribution in [0.25, 0.3) is 0 Å². The molecule has 0 radical (unpaired) electrons. The van der Waals surface area contributed by atoms with Crippen LogP contribution in [-0.4, -0.2) is 37.7 Å². The van der Waals surface area contributed by atoms with Crippen LogP contribution in [0.3, 0.4) is 0 Å². The fraction of sp³-hybridized carbons (Fsp3) is 0.533. The Morgan fingerprint density at radius 3 is 2.35 bits per heavy atom. The molecular formula is C15H23N3O2. The molecule has 0 amide bonds. The number of aliphatic imine (C=N–C) groups is 1. The molecule has 1 aromatic carbocycles. The SMILES string of the molecule is COc1cc2c(cc1OC)CN(C(N)=NC(C)C)CC2. The van der Waals surface area contributed by atoms with Crippen LogP contribution < -0.4 is 15.2 Å². The highest BCUT2D eigenvalue weighted by Gasteiger charge is 2.20. The lowest BCUT2D eigenvalue weighted by atomic mass is 9.99. The maximum atomic E-state index is 6.05. The molecule has 5 nitrogen and oxygen atoms in total. The number of benzene rings is 1. The summed E-state index contributed by atoms with van der Waals surface area (Å²) in [4.78, 5) is 6.52. The van der Waals surface area contributed by atoms with Crippen molar-refractivity contribution in [2.75, 3.05) is 20.8 Å². The Labute approximate surface area is 120 Å². The molecule has 1 aromatic rings. The maximum absolute atomic E-state index is 6.05. The third kappa shape index (κ3) is 2.98. The molecule has 20 heavy (non-hydrogen) atoms. The molecule has 0 fully saturated rings. The molecular weight excluding hydrogens is 254 g/mol. The van der Waals surface area contributed by atoms with Gasteiger partial charge in [0.15, 0.2) is 17.5 Å². The van der Waals surface area contributed by atoms with Gasteiger partial charge in [-0.15, -0.1) is 0 Å². The van der Waals surface area contributed by atoms with Crippen molar-refractivity contribution in [3.63, 3.8) is 0 Å². The van der Waals surface area contributed by atoms with E-state index >= 15 is 0 Å². The summed E-state index contributed by atoms with van der Waals surface area (Å²) in [5, 5.41) is 0. The summed E-state index contributed by atoms with van der Waals surface area (Å²) in [5.41, 5.74) is 8.56. The molecule has 2 rings (SSSR count). The van der Waals surface area contributed by atoms with Gasteiger partial charge in [0.1, 0.15) is 0 Å². The van der Waals surface area contributed by atoms with Gasteiger partial charge in [0, 0.05) is 19.1 Å². The van der Waals surface area contributed by atoms with Crippen LogP contribution in [0.2, 0.25) is 0 Å². The van der Waals surface area contributed by atoms with Crippen LogP contribution in [0.5, 0.6) is 11.5 Å². The average Bonchev–Trinajstić information content (AvgIpc) is 2.44. The third-order valence-corrected chi connectivity index (χ3v) is 3.43. The second-order valence-electron chi connectivity index (χ2n) is 5.23. The number of hydrogen-bond acceptors (Lipinski definition) is 3. The average molecular weight is 277 g/mol. The van der Waals surface area contributed by atoms with Crippen LogP contribution >= 0.6 is 0 Å². The quantitative estimate of drug-likeness (QED) is 0.676. The van der Waals surface area contributed by atoms with Gasteiger partial charge in [0.05, 0.1) is 14.2 Å². The van der Waals surface area contributed by atoms with E-state index in [4.69, 9.17) is 15.2 Å². The highest BCUT2D eigenvalue weighted by molar-refractivity contribution is 5.78. The topological polar surface area (TPSA) is 60.1 Å². The first-order chi connectivity index (χ1) is 9.55. The van der Waals surface area contributed by atoms with Gasteiger partial charge in [-0.25, -0.2) is 0 Å². The minimum Gasteiger partial charge on any atom is -0.493 e. The first kappa shape index (κ1) is 14.5. The molecule has 2 N–H and O–H groups in total. The number of methoxy groups -OCH3 is 2. The highest BCUT2D eigenvalue weighted by Crippen LogP contribution is 2.33. The predicted molar refractivity (Wildman–Crippen MR) is 80.4 cm³/mol. The molecule has 0 aromatic heterocycles. The number of nitrogens with zero attached hydrogens (tertiary/aromatic N) is 2. The van der Waals surface area contributed by atoms with Crippen molar-refractivity contribution in [2.45, 2.75) is 32.9 Å². The van der Waals surface area contributed by atoms with Gasteiger partial charge in [0.2, 0.25) is 0 Å². The number of hydrogen-bond donors (Lipinski definition) is 1.